The monoisotopic (exact) mass is 729 g/mol. The van der Waals surface area contributed by atoms with Crippen LogP contribution in [0.4, 0.5) is 17.1 Å². The van der Waals surface area contributed by atoms with Crippen LogP contribution in [-0.2, 0) is 10.8 Å². The van der Waals surface area contributed by atoms with Crippen molar-refractivity contribution in [2.24, 2.45) is 0 Å². The molecule has 13 rings (SSSR count). The number of nitrogens with zero attached hydrogens (tertiary/aromatic N) is 3. The Bertz CT molecular complexity index is 3210. The third-order valence-electron chi connectivity index (χ3n) is 14.0. The molecule has 0 fully saturated rings. The van der Waals surface area contributed by atoms with Crippen molar-refractivity contribution in [2.45, 2.75) is 45.4 Å². The van der Waals surface area contributed by atoms with Gasteiger partial charge in [0.05, 0.1) is 22.6 Å². The average molecular weight is 730 g/mol. The quantitative estimate of drug-likeness (QED) is 0.165. The fourth-order valence-electron chi connectivity index (χ4n) is 11.9. The van der Waals surface area contributed by atoms with Crippen LogP contribution in [0, 0.1) is 6.92 Å². The average Bonchev–Trinajstić information content (AvgIpc) is 3.91. The van der Waals surface area contributed by atoms with Crippen LogP contribution in [0.5, 0.6) is 0 Å². The molecule has 4 heteroatoms. The molecule has 3 nitrogen and oxygen atoms in total. The van der Waals surface area contributed by atoms with Crippen LogP contribution in [0.3, 0.4) is 0 Å². The molecular formula is C53H40BN3. The van der Waals surface area contributed by atoms with Crippen molar-refractivity contribution < 1.29 is 0 Å². The summed E-state index contributed by atoms with van der Waals surface area (Å²) in [4.78, 5) is 2.48. The number of hydrogen-bond donors (Lipinski definition) is 0. The molecule has 2 aliphatic carbocycles. The van der Waals surface area contributed by atoms with Crippen molar-refractivity contribution in [3.8, 4) is 33.9 Å². The normalized spacial score (nSPS) is 15.4. The van der Waals surface area contributed by atoms with Gasteiger partial charge < -0.3 is 14.0 Å². The zero-order chi connectivity index (χ0) is 38.1. The molecule has 9 aromatic rings. The first kappa shape index (κ1) is 31.7. The smallest absolute Gasteiger partial charge is 0.252 e. The predicted octanol–water partition coefficient (Wildman–Crippen LogP) is 11.1. The van der Waals surface area contributed by atoms with Crippen molar-refractivity contribution in [2.75, 3.05) is 4.90 Å². The van der Waals surface area contributed by atoms with E-state index < -0.39 is 0 Å². The molecule has 4 heterocycles. The van der Waals surface area contributed by atoms with Crippen molar-refractivity contribution in [3.05, 3.63) is 179 Å². The zero-order valence-electron chi connectivity index (χ0n) is 32.9. The van der Waals surface area contributed by atoms with Gasteiger partial charge in [-0.2, -0.15) is 0 Å². The molecule has 270 valence electrons. The molecule has 0 spiro atoms. The van der Waals surface area contributed by atoms with E-state index >= 15 is 0 Å². The van der Waals surface area contributed by atoms with Gasteiger partial charge in [0, 0.05) is 61.0 Å². The third kappa shape index (κ3) is 3.66. The minimum atomic E-state index is -0.226. The van der Waals surface area contributed by atoms with Crippen LogP contribution >= 0.6 is 0 Å². The van der Waals surface area contributed by atoms with Crippen LogP contribution in [0.25, 0.3) is 55.7 Å². The van der Waals surface area contributed by atoms with E-state index in [0.717, 1.165) is 11.4 Å². The number of fused-ring (bicyclic) bond motifs is 14. The van der Waals surface area contributed by atoms with Crippen LogP contribution in [-0.4, -0.2) is 15.8 Å². The van der Waals surface area contributed by atoms with Gasteiger partial charge in [-0.25, -0.2) is 0 Å². The third-order valence-corrected chi connectivity index (χ3v) is 14.0. The topological polar surface area (TPSA) is 13.1 Å². The molecule has 2 aromatic heterocycles. The Morgan fingerprint density at radius 2 is 1.04 bits per heavy atom. The highest BCUT2D eigenvalue weighted by Gasteiger charge is 2.49. The molecule has 0 saturated heterocycles. The highest BCUT2D eigenvalue weighted by molar-refractivity contribution is 7.00. The molecular weight excluding hydrogens is 689 g/mol. The number of benzene rings is 7. The van der Waals surface area contributed by atoms with E-state index in [1.165, 1.54) is 106 Å². The second kappa shape index (κ2) is 10.5. The lowest BCUT2D eigenvalue weighted by molar-refractivity contribution is 0.666. The Morgan fingerprint density at radius 1 is 0.509 bits per heavy atom. The lowest BCUT2D eigenvalue weighted by Gasteiger charge is -2.36. The summed E-state index contributed by atoms with van der Waals surface area (Å²) in [5, 5.41) is 2.72. The maximum atomic E-state index is 2.69. The van der Waals surface area contributed by atoms with Gasteiger partial charge in [-0.3, -0.25) is 0 Å². The first-order chi connectivity index (χ1) is 27.8. The number of para-hydroxylation sites is 3. The van der Waals surface area contributed by atoms with Crippen molar-refractivity contribution >= 4 is 62.0 Å². The molecule has 0 unspecified atom stereocenters. The molecule has 0 saturated carbocycles. The summed E-state index contributed by atoms with van der Waals surface area (Å²) in [5.74, 6) is 0. The standard InChI is InChI=1S/C53H40BN3/c1-31-29-42-47-43(30-31)57-50-35-22-13-15-25-38(35)53(4,5)46(50)44-41(55(32-17-8-6-9-18-32)33-19-10-7-11-20-33)28-27-40(51(44)57)54(47)39-26-16-23-36-45-49(56(42)48(36)39)34-21-12-14-24-37(34)52(45,2)3/h6-30H,1-5H3. The summed E-state index contributed by atoms with van der Waals surface area (Å²) in [6, 6.07) is 57.1. The van der Waals surface area contributed by atoms with Crippen LogP contribution in [0.2, 0.25) is 0 Å². The van der Waals surface area contributed by atoms with E-state index in [1.54, 1.807) is 0 Å². The molecule has 7 aromatic carbocycles. The summed E-state index contributed by atoms with van der Waals surface area (Å²) in [5.41, 5.74) is 25.0. The van der Waals surface area contributed by atoms with Crippen LogP contribution < -0.4 is 21.3 Å². The maximum Gasteiger partial charge on any atom is 0.252 e. The lowest BCUT2D eigenvalue weighted by atomic mass is 9.34. The second-order valence-corrected chi connectivity index (χ2v) is 17.8. The first-order valence-corrected chi connectivity index (χ1v) is 20.4. The highest BCUT2D eigenvalue weighted by Crippen LogP contribution is 2.58. The maximum absolute atomic E-state index is 2.69. The Hall–Kier alpha value is -6.52. The number of rotatable bonds is 3. The molecule has 0 N–H and O–H groups in total. The molecule has 4 aliphatic rings. The fraction of sp³-hybridized carbons (Fsp3) is 0.132. The SMILES string of the molecule is Cc1cc2c3c(c1)-n1c4c(c5c(N(c6ccccc6)c6ccccc6)ccc(c51)B3c1cccc3c5c(n-2c13)-c1ccccc1C5(C)C)C(C)(C)c1ccccc1-4. The van der Waals surface area contributed by atoms with Gasteiger partial charge in [0.1, 0.15) is 0 Å². The Labute approximate surface area is 333 Å². The zero-order valence-corrected chi connectivity index (χ0v) is 32.9. The van der Waals surface area contributed by atoms with Gasteiger partial charge in [0.15, 0.2) is 0 Å². The summed E-state index contributed by atoms with van der Waals surface area (Å²) < 4.78 is 5.36. The Kier molecular flexibility index (Phi) is 5.81. The summed E-state index contributed by atoms with van der Waals surface area (Å²) in [7, 11) is 0. The van der Waals surface area contributed by atoms with Gasteiger partial charge in [-0.1, -0.05) is 137 Å². The second-order valence-electron chi connectivity index (χ2n) is 17.8. The largest absolute Gasteiger partial charge is 0.310 e. The van der Waals surface area contributed by atoms with Gasteiger partial charge in [-0.05, 0) is 93.6 Å². The lowest BCUT2D eigenvalue weighted by Crippen LogP contribution is -2.59. The molecule has 57 heavy (non-hydrogen) atoms. The number of aromatic nitrogens is 2. The van der Waals surface area contributed by atoms with Crippen molar-refractivity contribution in [1.29, 1.82) is 0 Å². The van der Waals surface area contributed by atoms with E-state index in [1.807, 2.05) is 0 Å². The van der Waals surface area contributed by atoms with Crippen molar-refractivity contribution in [1.82, 2.24) is 9.13 Å². The van der Waals surface area contributed by atoms with Crippen LogP contribution in [0.1, 0.15) is 55.5 Å². The van der Waals surface area contributed by atoms with E-state index in [4.69, 9.17) is 0 Å². The number of aryl methyl sites for hydroxylation is 1. The summed E-state index contributed by atoms with van der Waals surface area (Å²) in [6.07, 6.45) is 0. The predicted molar refractivity (Wildman–Crippen MR) is 239 cm³/mol. The van der Waals surface area contributed by atoms with Crippen LogP contribution in [0.15, 0.2) is 152 Å². The summed E-state index contributed by atoms with van der Waals surface area (Å²) >= 11 is 0. The molecule has 2 aliphatic heterocycles. The fourth-order valence-corrected chi connectivity index (χ4v) is 11.9. The Morgan fingerprint density at radius 3 is 1.67 bits per heavy atom. The molecule has 0 amide bonds. The molecule has 0 bridgehead atoms. The van der Waals surface area contributed by atoms with E-state index in [-0.39, 0.29) is 17.5 Å². The van der Waals surface area contributed by atoms with Gasteiger partial charge in [0.2, 0.25) is 0 Å². The number of hydrogen-bond acceptors (Lipinski definition) is 1. The van der Waals surface area contributed by atoms with E-state index in [0.29, 0.717) is 0 Å². The van der Waals surface area contributed by atoms with E-state index in [9.17, 15) is 0 Å². The first-order valence-electron chi connectivity index (χ1n) is 20.4. The van der Waals surface area contributed by atoms with Crippen molar-refractivity contribution in [3.63, 3.8) is 0 Å². The van der Waals surface area contributed by atoms with Gasteiger partial charge in [-0.15, -0.1) is 0 Å². The molecule has 0 atom stereocenters. The van der Waals surface area contributed by atoms with Gasteiger partial charge >= 0.3 is 0 Å². The number of anilines is 3. The van der Waals surface area contributed by atoms with Gasteiger partial charge in [0.25, 0.3) is 6.71 Å². The van der Waals surface area contributed by atoms with E-state index in [2.05, 4.69) is 200 Å². The minimum absolute atomic E-state index is 0.0829. The minimum Gasteiger partial charge on any atom is -0.310 e. The summed E-state index contributed by atoms with van der Waals surface area (Å²) in [6.45, 7) is 12.1. The highest BCUT2D eigenvalue weighted by atomic mass is 15.2. The molecule has 0 radical (unpaired) electrons. The Balaban J connectivity index is 1.22.